The zero-order valence-electron chi connectivity index (χ0n) is 55.8. The molecule has 8 aromatic rings. The summed E-state index contributed by atoms with van der Waals surface area (Å²) in [4.78, 5) is 45.0. The van der Waals surface area contributed by atoms with Gasteiger partial charge in [-0.05, 0) is 246 Å². The van der Waals surface area contributed by atoms with Crippen LogP contribution in [0.3, 0.4) is 0 Å². The van der Waals surface area contributed by atoms with Gasteiger partial charge in [0.2, 0.25) is 0 Å². The van der Waals surface area contributed by atoms with Crippen molar-refractivity contribution in [3.05, 3.63) is 173 Å². The summed E-state index contributed by atoms with van der Waals surface area (Å²) in [5.41, 5.74) is 13.6. The average molecular weight is 1330 g/mol. The number of anilines is 4. The van der Waals surface area contributed by atoms with Crippen molar-refractivity contribution < 1.29 is 28.4 Å². The van der Waals surface area contributed by atoms with Crippen molar-refractivity contribution in [3.8, 4) is 56.7 Å². The van der Waals surface area contributed by atoms with Crippen LogP contribution in [0.1, 0.15) is 176 Å². The average Bonchev–Trinajstić information content (AvgIpc) is 1.55. The minimum Gasteiger partial charge on any atom is -0.444 e. The lowest BCUT2D eigenvalue weighted by Crippen LogP contribution is -2.52. The number of nitrogens with zero attached hydrogens (tertiary/aromatic N) is 6. The van der Waals surface area contributed by atoms with E-state index in [1.165, 1.54) is 43.1 Å². The number of imidazole rings is 2. The van der Waals surface area contributed by atoms with Crippen LogP contribution in [-0.2, 0) is 29.9 Å². The van der Waals surface area contributed by atoms with Gasteiger partial charge >= 0.3 is 19.3 Å². The second kappa shape index (κ2) is 25.4. The highest BCUT2D eigenvalue weighted by Crippen LogP contribution is 2.49. The van der Waals surface area contributed by atoms with E-state index in [1.54, 1.807) is 6.20 Å². The van der Waals surface area contributed by atoms with E-state index in [1.807, 2.05) is 90.2 Å². The number of pyridine rings is 2. The summed E-state index contributed by atoms with van der Waals surface area (Å²) >= 11 is 3.74. The third-order valence-corrected chi connectivity index (χ3v) is 20.0. The topological polar surface area (TPSA) is 181 Å². The molecule has 4 N–H and O–H groups in total. The van der Waals surface area contributed by atoms with Gasteiger partial charge in [-0.2, -0.15) is 0 Å². The number of hydrogen-bond donors (Lipinski definition) is 4. The van der Waals surface area contributed by atoms with Crippen molar-refractivity contribution in [2.45, 2.75) is 193 Å². The Kier molecular flexibility index (Phi) is 17.4. The van der Waals surface area contributed by atoms with Crippen LogP contribution in [0.2, 0.25) is 0 Å². The van der Waals surface area contributed by atoms with Gasteiger partial charge in [0.1, 0.15) is 27.5 Å². The molecule has 0 radical (unpaired) electrons. The van der Waals surface area contributed by atoms with Gasteiger partial charge in [0.25, 0.3) is 0 Å². The van der Waals surface area contributed by atoms with Gasteiger partial charge in [0, 0.05) is 34.6 Å². The number of para-hydroxylation sites is 2. The smallest absolute Gasteiger partial charge is 0.444 e. The highest BCUT2D eigenvalue weighted by atomic mass is 79.9. The molecule has 18 heteroatoms. The quantitative estimate of drug-likeness (QED) is 0.106. The molecule has 2 amide bonds. The van der Waals surface area contributed by atoms with Gasteiger partial charge in [0.05, 0.1) is 62.1 Å². The Bertz CT molecular complexity index is 4210. The minimum atomic E-state index is -0.540. The Hall–Kier alpha value is -8.32. The fraction of sp³-hybridized carbons (Fsp3) is 0.395. The highest BCUT2D eigenvalue weighted by Gasteiger charge is 2.52. The Morgan fingerprint density at radius 2 is 1.01 bits per heavy atom. The molecule has 0 bridgehead atoms. The molecule has 4 aromatic carbocycles. The molecule has 15 rings (SSSR count). The van der Waals surface area contributed by atoms with E-state index in [9.17, 15) is 9.59 Å². The summed E-state index contributed by atoms with van der Waals surface area (Å²) in [6, 6.07) is 41.6. The molecule has 0 atom stereocenters. The normalized spacial score (nSPS) is 18.2. The molecule has 3 aliphatic heterocycles. The summed E-state index contributed by atoms with van der Waals surface area (Å²) in [6.07, 6.45) is 22.6. The summed E-state index contributed by atoms with van der Waals surface area (Å²) in [7, 11) is -0.102. The Balaban J connectivity index is 0.000000141. The lowest BCUT2D eigenvalue weighted by Gasteiger charge is -2.43. The van der Waals surface area contributed by atoms with Gasteiger partial charge < -0.3 is 40.0 Å². The van der Waals surface area contributed by atoms with Gasteiger partial charge in [-0.15, -0.1) is 0 Å². The van der Waals surface area contributed by atoms with Crippen LogP contribution in [-0.4, -0.2) is 70.8 Å². The summed E-state index contributed by atoms with van der Waals surface area (Å²) in [5, 5.41) is 13.4. The lowest BCUT2D eigenvalue weighted by molar-refractivity contribution is 0.00578. The highest BCUT2D eigenvalue weighted by molar-refractivity contribution is 9.10. The second-order valence-electron chi connectivity index (χ2n) is 28.8. The van der Waals surface area contributed by atoms with Crippen molar-refractivity contribution in [2.75, 3.05) is 10.6 Å². The van der Waals surface area contributed by atoms with Crippen molar-refractivity contribution in [3.63, 3.8) is 0 Å². The number of allylic oxidation sites excluding steroid dienone is 4. The van der Waals surface area contributed by atoms with Crippen LogP contribution in [0.25, 0.3) is 62.2 Å². The number of carbonyl (C=O) groups is 2. The first-order valence-electron chi connectivity index (χ1n) is 33.5. The van der Waals surface area contributed by atoms with E-state index < -0.39 is 22.3 Å². The Morgan fingerprint density at radius 3 is 1.46 bits per heavy atom. The standard InChI is InChI=1S/C35H37N5O2.C29H28BrN5O2.C12H21BO2/c1-34(2,3)42-33(41)39-35(20-10-21-35)25-18-16-24(17-19-25)30-29(23-11-5-4-6-12-23)38-32-26-13-7-8-14-27(26)37-31-28(40(30)32)15-9-22-36-31;1-28(2,3)37-27(36)34-29(15-7-16-29)19-13-11-18(12-14-19)23-24(30)33-26-20-8-4-5-9-21(20)32-25-22(35(23)26)10-6-17-31-25;1-11(2)12(3,4)15-13(14-11)10-8-6-5-7-9-10/h7-9,11,13-19,22H,4-6,10,12,20-21H2,1-3H3,(H,36,37)(H,39,41);4-6,8-14,17H,7,15-16H2,1-3H3,(H,31,32)(H,34,36);8H,5-7,9H2,1-4H3. The van der Waals surface area contributed by atoms with Crippen LogP contribution < -0.4 is 21.3 Å². The number of carbonyl (C=O) groups excluding carboxylic acids is 2. The van der Waals surface area contributed by atoms with Crippen LogP contribution >= 0.6 is 15.9 Å². The first kappa shape index (κ1) is 64.4. The molecular weight excluding hydrogens is 1240 g/mol. The zero-order chi connectivity index (χ0) is 65.8. The number of ether oxygens (including phenoxy) is 2. The lowest BCUT2D eigenvalue weighted by atomic mass is 9.71. The van der Waals surface area contributed by atoms with E-state index in [0.717, 1.165) is 159 Å². The second-order valence-corrected chi connectivity index (χ2v) is 29.6. The molecule has 0 unspecified atom stereocenters. The Labute approximate surface area is 561 Å². The number of alkyl carbamates (subject to hydrolysis) is 2. The number of rotatable bonds is 8. The minimum absolute atomic E-state index is 0.102. The van der Waals surface area contributed by atoms with Crippen LogP contribution in [0.15, 0.2) is 156 Å². The number of nitrogens with one attached hydrogen (secondary N) is 4. The van der Waals surface area contributed by atoms with Crippen molar-refractivity contribution in [1.29, 1.82) is 0 Å². The van der Waals surface area contributed by atoms with E-state index in [-0.39, 0.29) is 30.5 Å². The molecule has 4 aliphatic carbocycles. The van der Waals surface area contributed by atoms with Gasteiger partial charge in [-0.1, -0.05) is 84.9 Å². The number of benzene rings is 4. The van der Waals surface area contributed by atoms with E-state index in [2.05, 4.69) is 170 Å². The van der Waals surface area contributed by atoms with Crippen molar-refractivity contribution in [1.82, 2.24) is 39.7 Å². The third-order valence-electron chi connectivity index (χ3n) is 19.4. The number of amides is 2. The number of aromatic nitrogens is 6. The number of halogens is 1. The number of hydrogen-bond acceptors (Lipinski definition) is 12. The maximum absolute atomic E-state index is 12.8. The zero-order valence-corrected chi connectivity index (χ0v) is 57.4. The van der Waals surface area contributed by atoms with Crippen molar-refractivity contribution in [2.24, 2.45) is 0 Å². The molecule has 94 heavy (non-hydrogen) atoms. The van der Waals surface area contributed by atoms with Crippen LogP contribution in [0.5, 0.6) is 0 Å². The van der Waals surface area contributed by atoms with E-state index in [0.29, 0.717) is 0 Å². The molecule has 16 nitrogen and oxygen atoms in total. The molecule has 4 aromatic heterocycles. The molecule has 7 heterocycles. The summed E-state index contributed by atoms with van der Waals surface area (Å²) < 4.78 is 28.4. The molecular formula is C76H86BBrN10O6. The first-order chi connectivity index (χ1) is 45.0. The molecule has 486 valence electrons. The van der Waals surface area contributed by atoms with Gasteiger partial charge in [-0.25, -0.2) is 29.5 Å². The monoisotopic (exact) mass is 1320 g/mol. The summed E-state index contributed by atoms with van der Waals surface area (Å²) in [5.74, 6) is 3.32. The Morgan fingerprint density at radius 1 is 0.553 bits per heavy atom. The fourth-order valence-corrected chi connectivity index (χ4v) is 14.2. The molecule has 0 spiro atoms. The van der Waals surface area contributed by atoms with Crippen LogP contribution in [0, 0.1) is 0 Å². The SMILES string of the molecule is CC(C)(C)OC(=O)NC1(c2ccc(-c3c(Br)nc4n3-c3cccnc3Nc3ccccc3-4)cc2)CCC1.CC(C)(C)OC(=O)NC1(c2ccc(-c3c(C4=CCCCC4)nc4n3-c3cccnc3Nc3ccccc3-4)cc2)CCC1.CC1(C)OB(C2=CCCCC2)OC1(C)C. The summed E-state index contributed by atoms with van der Waals surface area (Å²) in [6.45, 7) is 19.7. The van der Waals surface area contributed by atoms with Gasteiger partial charge in [0.15, 0.2) is 11.6 Å². The predicted octanol–water partition coefficient (Wildman–Crippen LogP) is 19.0. The first-order valence-corrected chi connectivity index (χ1v) is 34.3. The maximum Gasteiger partial charge on any atom is 0.490 e. The predicted molar refractivity (Wildman–Crippen MR) is 378 cm³/mol. The largest absolute Gasteiger partial charge is 0.490 e. The van der Waals surface area contributed by atoms with Crippen molar-refractivity contribution >= 4 is 63.8 Å². The van der Waals surface area contributed by atoms with E-state index in [4.69, 9.17) is 33.7 Å². The number of fused-ring (bicyclic) bond motifs is 10. The maximum atomic E-state index is 12.8. The molecule has 7 aliphatic rings. The van der Waals surface area contributed by atoms with Crippen LogP contribution in [0.4, 0.5) is 32.6 Å². The molecule has 2 saturated carbocycles. The fourth-order valence-electron chi connectivity index (χ4n) is 13.6. The molecule has 3 fully saturated rings. The third kappa shape index (κ3) is 12.9. The van der Waals surface area contributed by atoms with E-state index >= 15 is 0 Å². The van der Waals surface area contributed by atoms with Gasteiger partial charge in [-0.3, -0.25) is 9.13 Å². The molecule has 1 saturated heterocycles.